The number of methoxy groups -OCH3 is 1. The first-order valence-electron chi connectivity index (χ1n) is 8.11. The highest BCUT2D eigenvalue weighted by Crippen LogP contribution is 2.41. The fourth-order valence-electron chi connectivity index (χ4n) is 2.73. The molecule has 28 heavy (non-hydrogen) atoms. The van der Waals surface area contributed by atoms with Crippen molar-refractivity contribution in [2.45, 2.75) is 6.18 Å². The highest BCUT2D eigenvalue weighted by molar-refractivity contribution is 5.91. The van der Waals surface area contributed by atoms with Crippen molar-refractivity contribution in [2.24, 2.45) is 0 Å². The van der Waals surface area contributed by atoms with Crippen molar-refractivity contribution in [3.8, 4) is 28.4 Å². The molecule has 3 aromatic rings. The molecule has 0 heterocycles. The summed E-state index contributed by atoms with van der Waals surface area (Å²) in [5.74, 6) is -0.493. The lowest BCUT2D eigenvalue weighted by Crippen LogP contribution is -2.09. The molecule has 3 rings (SSSR count). The second-order valence-electron chi connectivity index (χ2n) is 5.78. The Balaban J connectivity index is 2.14. The van der Waals surface area contributed by atoms with Crippen LogP contribution in [-0.2, 0) is 6.18 Å². The second-order valence-corrected chi connectivity index (χ2v) is 5.78. The Morgan fingerprint density at radius 1 is 0.893 bits per heavy atom. The number of aldehydes is 1. The molecule has 3 nitrogen and oxygen atoms in total. The van der Waals surface area contributed by atoms with Gasteiger partial charge in [-0.3, -0.25) is 4.79 Å². The largest absolute Gasteiger partial charge is 0.497 e. The molecule has 0 saturated heterocycles. The van der Waals surface area contributed by atoms with E-state index >= 15 is 0 Å². The minimum Gasteiger partial charge on any atom is -0.497 e. The Bertz CT molecular complexity index is 996. The summed E-state index contributed by atoms with van der Waals surface area (Å²) in [7, 11) is 1.50. The molecule has 0 unspecified atom stereocenters. The van der Waals surface area contributed by atoms with Crippen LogP contribution in [0.25, 0.3) is 11.1 Å². The Morgan fingerprint density at radius 2 is 1.54 bits per heavy atom. The van der Waals surface area contributed by atoms with Crippen LogP contribution in [0.5, 0.6) is 17.2 Å². The average Bonchev–Trinajstić information content (AvgIpc) is 2.68. The van der Waals surface area contributed by atoms with Gasteiger partial charge in [-0.2, -0.15) is 13.2 Å². The maximum atomic E-state index is 14.7. The van der Waals surface area contributed by atoms with E-state index in [1.807, 2.05) is 0 Å². The average molecular weight is 390 g/mol. The van der Waals surface area contributed by atoms with Gasteiger partial charge in [0.15, 0.2) is 6.29 Å². The van der Waals surface area contributed by atoms with Gasteiger partial charge in [-0.05, 0) is 36.4 Å². The van der Waals surface area contributed by atoms with Gasteiger partial charge in [-0.15, -0.1) is 0 Å². The number of hydrogen-bond donors (Lipinski definition) is 0. The fourth-order valence-corrected chi connectivity index (χ4v) is 2.73. The maximum Gasteiger partial charge on any atom is 0.419 e. The maximum absolute atomic E-state index is 14.7. The Morgan fingerprint density at radius 3 is 2.14 bits per heavy atom. The van der Waals surface area contributed by atoms with Crippen LogP contribution in [0.3, 0.4) is 0 Å². The second kappa shape index (κ2) is 7.72. The van der Waals surface area contributed by atoms with Gasteiger partial charge >= 0.3 is 6.18 Å². The van der Waals surface area contributed by atoms with Crippen molar-refractivity contribution in [3.05, 3.63) is 77.6 Å². The number of alkyl halides is 3. The molecule has 0 aliphatic heterocycles. The summed E-state index contributed by atoms with van der Waals surface area (Å²) < 4.78 is 64.7. The van der Waals surface area contributed by atoms with Crippen LogP contribution in [0.4, 0.5) is 17.6 Å². The molecular weight excluding hydrogens is 376 g/mol. The van der Waals surface area contributed by atoms with Gasteiger partial charge < -0.3 is 9.47 Å². The van der Waals surface area contributed by atoms with E-state index in [1.54, 1.807) is 24.3 Å². The fraction of sp³-hybridized carbons (Fsp3) is 0.0952. The van der Waals surface area contributed by atoms with Gasteiger partial charge in [0.1, 0.15) is 23.1 Å². The van der Waals surface area contributed by atoms with Gasteiger partial charge in [0.25, 0.3) is 0 Å². The van der Waals surface area contributed by atoms with Gasteiger partial charge in [-0.25, -0.2) is 4.39 Å². The number of hydrogen-bond acceptors (Lipinski definition) is 3. The Labute approximate surface area is 158 Å². The van der Waals surface area contributed by atoms with E-state index < -0.39 is 17.6 Å². The zero-order valence-electron chi connectivity index (χ0n) is 14.6. The molecule has 0 N–H and O–H groups in total. The molecule has 0 atom stereocenters. The summed E-state index contributed by atoms with van der Waals surface area (Å²) in [5.41, 5.74) is -1.84. The topological polar surface area (TPSA) is 35.5 Å². The molecule has 0 saturated carbocycles. The summed E-state index contributed by atoms with van der Waals surface area (Å²) in [6.45, 7) is 0. The van der Waals surface area contributed by atoms with Crippen LogP contribution >= 0.6 is 0 Å². The summed E-state index contributed by atoms with van der Waals surface area (Å²) in [4.78, 5) is 11.5. The predicted molar refractivity (Wildman–Crippen MR) is 95.3 cm³/mol. The van der Waals surface area contributed by atoms with Crippen LogP contribution in [0, 0.1) is 5.82 Å². The van der Waals surface area contributed by atoms with E-state index in [4.69, 9.17) is 9.47 Å². The van der Waals surface area contributed by atoms with Crippen molar-refractivity contribution >= 4 is 6.29 Å². The van der Waals surface area contributed by atoms with Crippen molar-refractivity contribution in [1.82, 2.24) is 0 Å². The lowest BCUT2D eigenvalue weighted by molar-refractivity contribution is -0.139. The zero-order valence-corrected chi connectivity index (χ0v) is 14.6. The lowest BCUT2D eigenvalue weighted by atomic mass is 9.96. The summed E-state index contributed by atoms with van der Waals surface area (Å²) in [6.07, 6.45) is -4.43. The molecule has 0 aliphatic rings. The van der Waals surface area contributed by atoms with Crippen molar-refractivity contribution in [1.29, 1.82) is 0 Å². The summed E-state index contributed by atoms with van der Waals surface area (Å²) >= 11 is 0. The molecule has 0 fully saturated rings. The molecule has 0 bridgehead atoms. The van der Waals surface area contributed by atoms with E-state index in [-0.39, 0.29) is 22.4 Å². The van der Waals surface area contributed by atoms with E-state index in [2.05, 4.69) is 0 Å². The number of benzene rings is 3. The molecular formula is C21H14F4O3. The van der Waals surface area contributed by atoms with Gasteiger partial charge in [0.05, 0.1) is 12.7 Å². The standard InChI is InChI=1S/C21H14F4O3/c1-27-14-8-10-15(11-9-14)28-18-7-2-4-13(12-26)19(18)16-5-3-6-17(20(16)22)21(23,24)25/h2-12H,1H3. The Hall–Kier alpha value is -3.35. The highest BCUT2D eigenvalue weighted by Gasteiger charge is 2.35. The third-order valence-corrected chi connectivity index (χ3v) is 4.05. The first-order chi connectivity index (χ1) is 13.3. The van der Waals surface area contributed by atoms with Crippen LogP contribution in [0.2, 0.25) is 0 Å². The molecule has 144 valence electrons. The molecule has 3 aromatic carbocycles. The number of carbonyl (C=O) groups is 1. The molecule has 0 radical (unpaired) electrons. The van der Waals surface area contributed by atoms with Crippen LogP contribution in [0.15, 0.2) is 60.7 Å². The van der Waals surface area contributed by atoms with Crippen LogP contribution in [0.1, 0.15) is 15.9 Å². The van der Waals surface area contributed by atoms with Crippen molar-refractivity contribution in [3.63, 3.8) is 0 Å². The predicted octanol–water partition coefficient (Wildman–Crippen LogP) is 6.12. The minimum absolute atomic E-state index is 0.00392. The monoisotopic (exact) mass is 390 g/mol. The summed E-state index contributed by atoms with van der Waals surface area (Å²) in [6, 6.07) is 13.6. The third kappa shape index (κ3) is 3.83. The number of ether oxygens (including phenoxy) is 2. The lowest BCUT2D eigenvalue weighted by Gasteiger charge is -2.16. The minimum atomic E-state index is -4.87. The molecule has 0 aromatic heterocycles. The zero-order chi connectivity index (χ0) is 20.3. The number of carbonyl (C=O) groups excluding carboxylic acids is 1. The smallest absolute Gasteiger partial charge is 0.419 e. The quantitative estimate of drug-likeness (QED) is 0.389. The van der Waals surface area contributed by atoms with E-state index in [0.717, 1.165) is 6.07 Å². The third-order valence-electron chi connectivity index (χ3n) is 4.05. The number of halogens is 4. The summed E-state index contributed by atoms with van der Waals surface area (Å²) in [5, 5.41) is 0. The highest BCUT2D eigenvalue weighted by atomic mass is 19.4. The van der Waals surface area contributed by atoms with E-state index in [0.29, 0.717) is 23.9 Å². The first kappa shape index (κ1) is 19.4. The van der Waals surface area contributed by atoms with E-state index in [1.165, 1.54) is 31.4 Å². The normalized spacial score (nSPS) is 11.2. The van der Waals surface area contributed by atoms with Gasteiger partial charge in [0, 0.05) is 16.7 Å². The molecule has 0 spiro atoms. The Kier molecular flexibility index (Phi) is 5.35. The van der Waals surface area contributed by atoms with Crippen molar-refractivity contribution in [2.75, 3.05) is 7.11 Å². The SMILES string of the molecule is COc1ccc(Oc2cccc(C=O)c2-c2cccc(C(F)(F)F)c2F)cc1. The molecule has 7 heteroatoms. The van der Waals surface area contributed by atoms with Gasteiger partial charge in [-0.1, -0.05) is 24.3 Å². The number of rotatable bonds is 5. The van der Waals surface area contributed by atoms with Crippen molar-refractivity contribution < 1.29 is 31.8 Å². The molecule has 0 aliphatic carbocycles. The van der Waals surface area contributed by atoms with Crippen LogP contribution in [-0.4, -0.2) is 13.4 Å². The first-order valence-corrected chi connectivity index (χ1v) is 8.11. The van der Waals surface area contributed by atoms with E-state index in [9.17, 15) is 22.4 Å². The van der Waals surface area contributed by atoms with Crippen LogP contribution < -0.4 is 9.47 Å². The van der Waals surface area contributed by atoms with Gasteiger partial charge in [0.2, 0.25) is 0 Å². The molecule has 0 amide bonds.